The van der Waals surface area contributed by atoms with Gasteiger partial charge in [-0.1, -0.05) is 5.16 Å². The Hall–Kier alpha value is -2.44. The molecule has 1 unspecified atom stereocenters. The Labute approximate surface area is 108 Å². The van der Waals surface area contributed by atoms with Gasteiger partial charge in [-0.25, -0.2) is 0 Å². The Bertz CT molecular complexity index is 712. The zero-order valence-electron chi connectivity index (χ0n) is 10.3. The molecule has 0 radical (unpaired) electrons. The molecule has 4 heterocycles. The second kappa shape index (κ2) is 3.78. The summed E-state index contributed by atoms with van der Waals surface area (Å²) < 4.78 is 12.7. The molecule has 0 amide bonds. The molecule has 0 saturated carbocycles. The average Bonchev–Trinajstić information content (AvgIpc) is 3.14. The van der Waals surface area contributed by atoms with Gasteiger partial charge in [0.05, 0.1) is 12.2 Å². The molecule has 1 atom stereocenters. The lowest BCUT2D eigenvalue weighted by atomic mass is 10.1. The Morgan fingerprint density at radius 3 is 3.11 bits per heavy atom. The molecule has 0 bridgehead atoms. The van der Waals surface area contributed by atoms with E-state index in [-0.39, 0.29) is 5.92 Å². The number of fused-ring (bicyclic) bond motifs is 1. The smallest absolute Gasteiger partial charge is 0.238 e. The summed E-state index contributed by atoms with van der Waals surface area (Å²) in [4.78, 5) is 4.39. The number of rotatable bonds is 2. The first-order valence-corrected chi connectivity index (χ1v) is 6.07. The number of nitrogens with zero attached hydrogens (tertiary/aromatic N) is 5. The Morgan fingerprint density at radius 1 is 1.37 bits per heavy atom. The van der Waals surface area contributed by atoms with Crippen LogP contribution < -0.4 is 0 Å². The highest BCUT2D eigenvalue weighted by molar-refractivity contribution is 5.44. The average molecular weight is 257 g/mol. The number of aryl methyl sites for hydroxylation is 1. The highest BCUT2D eigenvalue weighted by Gasteiger charge is 2.30. The maximum Gasteiger partial charge on any atom is 0.238 e. The maximum absolute atomic E-state index is 5.33. The van der Waals surface area contributed by atoms with Crippen LogP contribution in [0.25, 0.3) is 11.6 Å². The minimum absolute atomic E-state index is 0.167. The van der Waals surface area contributed by atoms with E-state index in [4.69, 9.17) is 8.94 Å². The molecule has 3 aromatic rings. The molecular formula is C12H11N5O2. The van der Waals surface area contributed by atoms with Gasteiger partial charge in [0.25, 0.3) is 0 Å². The quantitative estimate of drug-likeness (QED) is 0.693. The van der Waals surface area contributed by atoms with Crippen molar-refractivity contribution in [3.05, 3.63) is 35.9 Å². The fourth-order valence-corrected chi connectivity index (χ4v) is 2.39. The summed E-state index contributed by atoms with van der Waals surface area (Å²) in [6, 6.07) is 3.61. The van der Waals surface area contributed by atoms with E-state index in [0.717, 1.165) is 24.6 Å². The van der Waals surface area contributed by atoms with E-state index in [2.05, 4.69) is 24.9 Å². The SMILES string of the molecule is Cc1nnc2n1CC(c1nc(-c3ccco3)no1)C2. The number of aromatic nitrogens is 5. The van der Waals surface area contributed by atoms with Gasteiger partial charge in [0.15, 0.2) is 5.76 Å². The van der Waals surface area contributed by atoms with Crippen LogP contribution >= 0.6 is 0 Å². The van der Waals surface area contributed by atoms with Crippen molar-refractivity contribution in [1.82, 2.24) is 24.9 Å². The van der Waals surface area contributed by atoms with Crippen molar-refractivity contribution < 1.29 is 8.94 Å². The third-order valence-electron chi connectivity index (χ3n) is 3.38. The van der Waals surface area contributed by atoms with Crippen molar-refractivity contribution in [2.24, 2.45) is 0 Å². The minimum Gasteiger partial charge on any atom is -0.461 e. The number of furan rings is 1. The zero-order chi connectivity index (χ0) is 12.8. The first kappa shape index (κ1) is 10.5. The molecule has 96 valence electrons. The molecule has 1 aliphatic heterocycles. The highest BCUT2D eigenvalue weighted by Crippen LogP contribution is 2.29. The fraction of sp³-hybridized carbons (Fsp3) is 0.333. The van der Waals surface area contributed by atoms with Crippen LogP contribution in [0.4, 0.5) is 0 Å². The molecular weight excluding hydrogens is 246 g/mol. The van der Waals surface area contributed by atoms with E-state index in [0.29, 0.717) is 17.5 Å². The summed E-state index contributed by atoms with van der Waals surface area (Å²) in [5.41, 5.74) is 0. The summed E-state index contributed by atoms with van der Waals surface area (Å²) in [5.74, 6) is 3.78. The summed E-state index contributed by atoms with van der Waals surface area (Å²) >= 11 is 0. The lowest BCUT2D eigenvalue weighted by Crippen LogP contribution is -2.03. The van der Waals surface area contributed by atoms with Crippen LogP contribution in [-0.4, -0.2) is 24.9 Å². The highest BCUT2D eigenvalue weighted by atomic mass is 16.5. The van der Waals surface area contributed by atoms with E-state index in [1.807, 2.05) is 13.0 Å². The van der Waals surface area contributed by atoms with Gasteiger partial charge in [-0.05, 0) is 19.1 Å². The molecule has 1 aliphatic rings. The van der Waals surface area contributed by atoms with E-state index < -0.39 is 0 Å². The van der Waals surface area contributed by atoms with Crippen molar-refractivity contribution in [3.63, 3.8) is 0 Å². The summed E-state index contributed by atoms with van der Waals surface area (Å²) in [6.07, 6.45) is 2.37. The van der Waals surface area contributed by atoms with E-state index >= 15 is 0 Å². The summed E-state index contributed by atoms with van der Waals surface area (Å²) in [7, 11) is 0. The molecule has 0 saturated heterocycles. The van der Waals surface area contributed by atoms with E-state index in [1.165, 1.54) is 0 Å². The molecule has 4 rings (SSSR count). The lowest BCUT2D eigenvalue weighted by molar-refractivity contribution is 0.349. The molecule has 0 aromatic carbocycles. The maximum atomic E-state index is 5.33. The fourth-order valence-electron chi connectivity index (χ4n) is 2.39. The molecule has 0 aliphatic carbocycles. The molecule has 0 fully saturated rings. The monoisotopic (exact) mass is 257 g/mol. The van der Waals surface area contributed by atoms with Crippen molar-refractivity contribution in [2.75, 3.05) is 0 Å². The van der Waals surface area contributed by atoms with Gasteiger partial charge < -0.3 is 13.5 Å². The predicted molar refractivity (Wildman–Crippen MR) is 63.2 cm³/mol. The second-order valence-electron chi connectivity index (χ2n) is 4.61. The molecule has 3 aromatic heterocycles. The van der Waals surface area contributed by atoms with E-state index in [9.17, 15) is 0 Å². The molecule has 0 spiro atoms. The molecule has 0 N–H and O–H groups in total. The topological polar surface area (TPSA) is 82.8 Å². The van der Waals surface area contributed by atoms with Gasteiger partial charge in [-0.3, -0.25) is 0 Å². The summed E-state index contributed by atoms with van der Waals surface area (Å²) in [5, 5.41) is 12.1. The first-order valence-electron chi connectivity index (χ1n) is 6.07. The van der Waals surface area contributed by atoms with Gasteiger partial charge in [-0.2, -0.15) is 4.98 Å². The normalized spacial score (nSPS) is 17.8. The van der Waals surface area contributed by atoms with Gasteiger partial charge >= 0.3 is 0 Å². The van der Waals surface area contributed by atoms with Crippen LogP contribution in [-0.2, 0) is 13.0 Å². The van der Waals surface area contributed by atoms with Gasteiger partial charge in [0.2, 0.25) is 11.7 Å². The van der Waals surface area contributed by atoms with Gasteiger partial charge in [-0.15, -0.1) is 10.2 Å². The third-order valence-corrected chi connectivity index (χ3v) is 3.38. The Morgan fingerprint density at radius 2 is 2.32 bits per heavy atom. The Kier molecular flexibility index (Phi) is 2.08. The van der Waals surface area contributed by atoms with Crippen LogP contribution in [0.1, 0.15) is 23.5 Å². The second-order valence-corrected chi connectivity index (χ2v) is 4.61. The lowest BCUT2D eigenvalue weighted by Gasteiger charge is -2.01. The molecule has 7 heteroatoms. The van der Waals surface area contributed by atoms with Crippen molar-refractivity contribution in [3.8, 4) is 11.6 Å². The number of hydrogen-bond donors (Lipinski definition) is 0. The van der Waals surface area contributed by atoms with Crippen LogP contribution in [0, 0.1) is 6.92 Å². The molecule has 19 heavy (non-hydrogen) atoms. The standard InChI is InChI=1S/C12H11N5O2/c1-7-14-15-10-5-8(6-17(7)10)12-13-11(16-19-12)9-3-2-4-18-9/h2-4,8H,5-6H2,1H3. The first-order chi connectivity index (χ1) is 9.31. The van der Waals surface area contributed by atoms with Crippen LogP contribution in [0.5, 0.6) is 0 Å². The van der Waals surface area contributed by atoms with Gasteiger partial charge in [0.1, 0.15) is 11.6 Å². The van der Waals surface area contributed by atoms with Crippen LogP contribution in [0.2, 0.25) is 0 Å². The van der Waals surface area contributed by atoms with Crippen molar-refractivity contribution in [1.29, 1.82) is 0 Å². The minimum atomic E-state index is 0.167. The van der Waals surface area contributed by atoms with Crippen LogP contribution in [0.15, 0.2) is 27.3 Å². The third kappa shape index (κ3) is 1.58. The van der Waals surface area contributed by atoms with Crippen LogP contribution in [0.3, 0.4) is 0 Å². The van der Waals surface area contributed by atoms with E-state index in [1.54, 1.807) is 12.3 Å². The predicted octanol–water partition coefficient (Wildman–Crippen LogP) is 1.57. The zero-order valence-corrected chi connectivity index (χ0v) is 10.3. The van der Waals surface area contributed by atoms with Gasteiger partial charge in [0, 0.05) is 13.0 Å². The largest absolute Gasteiger partial charge is 0.461 e. The van der Waals surface area contributed by atoms with Crippen molar-refractivity contribution in [2.45, 2.75) is 25.8 Å². The number of hydrogen-bond acceptors (Lipinski definition) is 6. The molecule has 7 nitrogen and oxygen atoms in total. The Balaban J connectivity index is 1.62. The van der Waals surface area contributed by atoms with Crippen molar-refractivity contribution >= 4 is 0 Å². The summed E-state index contributed by atoms with van der Waals surface area (Å²) in [6.45, 7) is 2.73.